The molecule has 322 valence electrons. The molecule has 3 aliphatic rings. The van der Waals surface area contributed by atoms with E-state index in [2.05, 4.69) is 216 Å². The molecule has 3 aliphatic carbocycles. The quantitative estimate of drug-likeness (QED) is 0.127. The van der Waals surface area contributed by atoms with Crippen LogP contribution in [0.3, 0.4) is 0 Å². The van der Waals surface area contributed by atoms with Gasteiger partial charge in [0.1, 0.15) is 0 Å². The van der Waals surface area contributed by atoms with Gasteiger partial charge in [-0.3, -0.25) is 0 Å². The van der Waals surface area contributed by atoms with E-state index in [9.17, 15) is 0 Å². The van der Waals surface area contributed by atoms with E-state index in [0.717, 1.165) is 18.4 Å². The molecule has 0 nitrogen and oxygen atoms in total. The first-order valence-corrected chi connectivity index (χ1v) is 23.6. The zero-order chi connectivity index (χ0) is 45.1. The summed E-state index contributed by atoms with van der Waals surface area (Å²) in [6, 6.07) is 43.7. The Morgan fingerprint density at radius 2 is 1.11 bits per heavy atom. The van der Waals surface area contributed by atoms with Crippen molar-refractivity contribution < 1.29 is 0 Å². The summed E-state index contributed by atoms with van der Waals surface area (Å²) < 4.78 is 0. The van der Waals surface area contributed by atoms with Crippen LogP contribution in [0.1, 0.15) is 143 Å². The van der Waals surface area contributed by atoms with Gasteiger partial charge in [-0.05, 0) is 154 Å². The minimum Gasteiger partial charge on any atom is -0.0988 e. The van der Waals surface area contributed by atoms with Crippen molar-refractivity contribution in [3.05, 3.63) is 208 Å². The Kier molecular flexibility index (Phi) is 13.6. The molecule has 1 unspecified atom stereocenters. The third kappa shape index (κ3) is 9.06. The van der Waals surface area contributed by atoms with Gasteiger partial charge in [-0.25, -0.2) is 0 Å². The molecule has 0 N–H and O–H groups in total. The van der Waals surface area contributed by atoms with Crippen molar-refractivity contribution in [3.8, 4) is 44.5 Å². The molecule has 0 heterocycles. The molecule has 0 radical (unpaired) electrons. The van der Waals surface area contributed by atoms with E-state index in [1.807, 2.05) is 6.08 Å². The fraction of sp³-hybridized carbons (Fsp3) is 0.302. The van der Waals surface area contributed by atoms with Gasteiger partial charge in [0.15, 0.2) is 0 Å². The number of allylic oxidation sites excluding steroid dienone is 6. The van der Waals surface area contributed by atoms with Crippen molar-refractivity contribution in [1.82, 2.24) is 0 Å². The summed E-state index contributed by atoms with van der Waals surface area (Å²) in [5, 5.41) is 0. The van der Waals surface area contributed by atoms with Crippen LogP contribution in [0.2, 0.25) is 0 Å². The third-order valence-electron chi connectivity index (χ3n) is 13.9. The number of aryl methyl sites for hydroxylation is 3. The van der Waals surface area contributed by atoms with Crippen LogP contribution in [0.15, 0.2) is 158 Å². The fourth-order valence-electron chi connectivity index (χ4n) is 10.3. The van der Waals surface area contributed by atoms with Crippen LogP contribution in [0, 0.1) is 20.8 Å². The van der Waals surface area contributed by atoms with Crippen molar-refractivity contribution in [2.75, 3.05) is 0 Å². The summed E-state index contributed by atoms with van der Waals surface area (Å²) in [6.07, 6.45) is 15.7. The average Bonchev–Trinajstić information content (AvgIpc) is 3.64. The lowest BCUT2D eigenvalue weighted by Gasteiger charge is -2.24. The lowest BCUT2D eigenvalue weighted by molar-refractivity contribution is 0.659. The van der Waals surface area contributed by atoms with Crippen LogP contribution in [-0.4, -0.2) is 0 Å². The van der Waals surface area contributed by atoms with E-state index < -0.39 is 0 Å². The highest BCUT2D eigenvalue weighted by Crippen LogP contribution is 2.52. The fourth-order valence-corrected chi connectivity index (χ4v) is 10.3. The van der Waals surface area contributed by atoms with Gasteiger partial charge in [0.2, 0.25) is 0 Å². The molecule has 6 aromatic rings. The van der Waals surface area contributed by atoms with Gasteiger partial charge in [-0.2, -0.15) is 0 Å². The second-order valence-electron chi connectivity index (χ2n) is 19.4. The van der Waals surface area contributed by atoms with Crippen molar-refractivity contribution >= 4 is 5.57 Å². The molecule has 0 aliphatic heterocycles. The summed E-state index contributed by atoms with van der Waals surface area (Å²) >= 11 is 0. The van der Waals surface area contributed by atoms with Crippen LogP contribution in [0.25, 0.3) is 50.1 Å². The van der Waals surface area contributed by atoms with E-state index in [4.69, 9.17) is 0 Å². The molecule has 0 saturated heterocycles. The standard InChI is InChI=1S/C34H36.C22H22.C7H12/c1-7-11-24(4)33-27(14-10-15-30(33)26-13-9-8-12-23(26)3)25-17-19-29-28-18-16-22(2)20-31(28)34(5,6)32(29)21-25;1-15-9-11-18-19-12-10-17(16-7-5-4-6-8-16)14-21(19)22(2,3)20(18)13-15;1-4-6-7(3)5-2/h8-10,12-21,24H,7,11H2,1-6H3;5,7-14H,4,6H2,1-3H3;5H,2-4,6H2,1H3. The predicted molar refractivity (Wildman–Crippen MR) is 277 cm³/mol. The molecule has 6 aromatic carbocycles. The number of hydrogen-bond donors (Lipinski definition) is 0. The van der Waals surface area contributed by atoms with Gasteiger partial charge in [0.25, 0.3) is 0 Å². The third-order valence-corrected chi connectivity index (χ3v) is 13.9. The highest BCUT2D eigenvalue weighted by molar-refractivity contribution is 5.87. The normalized spacial score (nSPS) is 15.0. The molecule has 0 saturated carbocycles. The summed E-state index contributed by atoms with van der Waals surface area (Å²) in [4.78, 5) is 0. The maximum atomic E-state index is 3.74. The Balaban J connectivity index is 0.000000175. The monoisotopic (exact) mass is 827 g/mol. The van der Waals surface area contributed by atoms with Crippen molar-refractivity contribution in [3.63, 3.8) is 0 Å². The van der Waals surface area contributed by atoms with Gasteiger partial charge in [0.05, 0.1) is 0 Å². The lowest BCUT2D eigenvalue weighted by Crippen LogP contribution is -2.15. The summed E-state index contributed by atoms with van der Waals surface area (Å²) in [5.74, 6) is 0.497. The molecule has 0 aromatic heterocycles. The summed E-state index contributed by atoms with van der Waals surface area (Å²) in [6.45, 7) is 30.2. The SMILES string of the molecule is C=CC(=C)CCC.CCCC(C)c1c(-c2ccc3c(c2)C(C)(C)c2cc(C)ccc2-3)cccc1-c1ccccc1C.Cc1ccc2c(c1)C(C)(C)c1cc(C3=CCCC=C3)ccc1-2. The number of fused-ring (bicyclic) bond motifs is 6. The lowest BCUT2D eigenvalue weighted by atomic mass is 9.79. The Morgan fingerprint density at radius 1 is 0.587 bits per heavy atom. The van der Waals surface area contributed by atoms with E-state index in [0.29, 0.717) is 5.92 Å². The van der Waals surface area contributed by atoms with E-state index in [1.165, 1.54) is 126 Å². The van der Waals surface area contributed by atoms with Crippen molar-refractivity contribution in [2.24, 2.45) is 0 Å². The van der Waals surface area contributed by atoms with Gasteiger partial charge < -0.3 is 0 Å². The average molecular weight is 827 g/mol. The van der Waals surface area contributed by atoms with E-state index in [-0.39, 0.29) is 10.8 Å². The Hall–Kier alpha value is -5.72. The number of rotatable bonds is 9. The minimum atomic E-state index is 0.00945. The molecular weight excluding hydrogens is 757 g/mol. The Morgan fingerprint density at radius 3 is 1.63 bits per heavy atom. The molecule has 9 rings (SSSR count). The van der Waals surface area contributed by atoms with Crippen LogP contribution in [0.4, 0.5) is 0 Å². The molecule has 1 atom stereocenters. The van der Waals surface area contributed by atoms with Gasteiger partial charge >= 0.3 is 0 Å². The molecule has 0 heteroatoms. The molecule has 63 heavy (non-hydrogen) atoms. The highest BCUT2D eigenvalue weighted by Gasteiger charge is 2.37. The molecular formula is C63H70. The van der Waals surface area contributed by atoms with Crippen LogP contribution < -0.4 is 0 Å². The topological polar surface area (TPSA) is 0 Å². The van der Waals surface area contributed by atoms with Gasteiger partial charge in [-0.1, -0.05) is 219 Å². The first-order valence-electron chi connectivity index (χ1n) is 23.6. The van der Waals surface area contributed by atoms with Gasteiger partial charge in [-0.15, -0.1) is 0 Å². The van der Waals surface area contributed by atoms with E-state index >= 15 is 0 Å². The molecule has 0 fully saturated rings. The van der Waals surface area contributed by atoms with E-state index in [1.54, 1.807) is 0 Å². The van der Waals surface area contributed by atoms with Crippen LogP contribution in [-0.2, 0) is 10.8 Å². The van der Waals surface area contributed by atoms with Crippen LogP contribution >= 0.6 is 0 Å². The molecule has 0 bridgehead atoms. The second kappa shape index (κ2) is 18.9. The highest BCUT2D eigenvalue weighted by atomic mass is 14.4. The summed E-state index contributed by atoms with van der Waals surface area (Å²) in [5.41, 5.74) is 26.4. The number of hydrogen-bond acceptors (Lipinski definition) is 0. The maximum absolute atomic E-state index is 3.74. The van der Waals surface area contributed by atoms with Crippen molar-refractivity contribution in [2.45, 2.75) is 125 Å². The molecule has 0 amide bonds. The first-order chi connectivity index (χ1) is 30.2. The smallest absolute Gasteiger partial charge is 0.0159 e. The Bertz CT molecular complexity index is 2720. The van der Waals surface area contributed by atoms with Crippen molar-refractivity contribution in [1.29, 1.82) is 0 Å². The maximum Gasteiger partial charge on any atom is 0.0159 e. The Labute approximate surface area is 381 Å². The zero-order valence-corrected chi connectivity index (χ0v) is 40.0. The second-order valence-corrected chi connectivity index (χ2v) is 19.4. The largest absolute Gasteiger partial charge is 0.0988 e. The zero-order valence-electron chi connectivity index (χ0n) is 40.0. The predicted octanol–water partition coefficient (Wildman–Crippen LogP) is 18.4. The van der Waals surface area contributed by atoms with Gasteiger partial charge in [0, 0.05) is 10.8 Å². The van der Waals surface area contributed by atoms with Crippen LogP contribution in [0.5, 0.6) is 0 Å². The molecule has 0 spiro atoms. The first kappa shape index (κ1) is 45.3. The summed E-state index contributed by atoms with van der Waals surface area (Å²) in [7, 11) is 0. The minimum absolute atomic E-state index is 0.00945. The number of benzene rings is 6.